The van der Waals surface area contributed by atoms with Crippen LogP contribution in [0, 0.1) is 11.8 Å². The summed E-state index contributed by atoms with van der Waals surface area (Å²) in [7, 11) is 0. The van der Waals surface area contributed by atoms with Gasteiger partial charge in [0, 0.05) is 18.7 Å². The molecule has 0 aliphatic carbocycles. The van der Waals surface area contributed by atoms with E-state index in [1.54, 1.807) is 12.1 Å². The zero-order valence-electron chi connectivity index (χ0n) is 10.1. The van der Waals surface area contributed by atoms with Crippen LogP contribution >= 0.6 is 0 Å². The molecule has 17 heavy (non-hydrogen) atoms. The second kappa shape index (κ2) is 6.49. The smallest absolute Gasteiger partial charge is 0.303 e. The van der Waals surface area contributed by atoms with Gasteiger partial charge in [0.15, 0.2) is 0 Å². The molecule has 3 nitrogen and oxygen atoms in total. The van der Waals surface area contributed by atoms with Crippen LogP contribution in [0.1, 0.15) is 19.4 Å². The fraction of sp³-hybridized carbons (Fsp3) is 0.286. The Hall–Kier alpha value is -2.08. The van der Waals surface area contributed by atoms with E-state index in [9.17, 15) is 9.59 Å². The van der Waals surface area contributed by atoms with E-state index < -0.39 is 11.7 Å². The number of carbonyl (C=O) groups excluding carboxylic acids is 2. The second-order valence-corrected chi connectivity index (χ2v) is 3.42. The fourth-order valence-electron chi connectivity index (χ4n) is 1.36. The molecule has 0 N–H and O–H groups in total. The lowest BCUT2D eigenvalue weighted by Gasteiger charge is -2.15. The third kappa shape index (κ3) is 3.76. The van der Waals surface area contributed by atoms with Crippen molar-refractivity contribution in [2.45, 2.75) is 13.8 Å². The first kappa shape index (κ1) is 13.0. The molecule has 1 rings (SSSR count). The molecule has 0 fully saturated rings. The lowest BCUT2D eigenvalue weighted by Crippen LogP contribution is -2.35. The largest absolute Gasteiger partial charge is 0.336 e. The van der Waals surface area contributed by atoms with E-state index in [4.69, 9.17) is 0 Å². The molecule has 0 saturated carbocycles. The van der Waals surface area contributed by atoms with Crippen molar-refractivity contribution in [3.8, 4) is 11.8 Å². The number of hydrogen-bond donors (Lipinski definition) is 0. The van der Waals surface area contributed by atoms with Gasteiger partial charge in [-0.3, -0.25) is 9.59 Å². The molecule has 0 radical (unpaired) electrons. The minimum Gasteiger partial charge on any atom is -0.336 e. The molecular formula is C14H15NO2. The molecule has 0 atom stereocenters. The van der Waals surface area contributed by atoms with Crippen molar-refractivity contribution < 1.29 is 9.59 Å². The van der Waals surface area contributed by atoms with Gasteiger partial charge in [0.2, 0.25) is 0 Å². The van der Waals surface area contributed by atoms with Crippen molar-refractivity contribution in [1.82, 2.24) is 4.90 Å². The van der Waals surface area contributed by atoms with Crippen molar-refractivity contribution in [2.75, 3.05) is 13.1 Å². The predicted molar refractivity (Wildman–Crippen MR) is 66.3 cm³/mol. The zero-order valence-corrected chi connectivity index (χ0v) is 10.1. The molecule has 1 amide bonds. The summed E-state index contributed by atoms with van der Waals surface area (Å²) in [5.41, 5.74) is 0.730. The van der Waals surface area contributed by atoms with Crippen LogP contribution in [0.5, 0.6) is 0 Å². The summed E-state index contributed by atoms with van der Waals surface area (Å²) in [4.78, 5) is 24.6. The van der Waals surface area contributed by atoms with Crippen molar-refractivity contribution >= 4 is 11.7 Å². The Balaban J connectivity index is 2.73. The van der Waals surface area contributed by atoms with Gasteiger partial charge in [0.1, 0.15) is 0 Å². The van der Waals surface area contributed by atoms with Crippen LogP contribution < -0.4 is 0 Å². The van der Waals surface area contributed by atoms with E-state index in [1.165, 1.54) is 4.90 Å². The highest BCUT2D eigenvalue weighted by Crippen LogP contribution is 1.95. The van der Waals surface area contributed by atoms with Gasteiger partial charge < -0.3 is 4.90 Å². The van der Waals surface area contributed by atoms with E-state index in [0.29, 0.717) is 13.1 Å². The van der Waals surface area contributed by atoms with Gasteiger partial charge in [-0.25, -0.2) is 0 Å². The Kier molecular flexibility index (Phi) is 4.96. The third-order valence-corrected chi connectivity index (χ3v) is 2.34. The first-order chi connectivity index (χ1) is 8.19. The molecule has 0 unspecified atom stereocenters. The summed E-state index contributed by atoms with van der Waals surface area (Å²) in [5, 5.41) is 0. The SMILES string of the molecule is CCN(CC)C(=O)C(=O)C#Cc1ccccc1. The molecule has 0 aromatic heterocycles. The third-order valence-electron chi connectivity index (χ3n) is 2.34. The van der Waals surface area contributed by atoms with Gasteiger partial charge >= 0.3 is 5.91 Å². The number of hydrogen-bond acceptors (Lipinski definition) is 2. The predicted octanol–water partition coefficient (Wildman–Crippen LogP) is 1.48. The number of Topliss-reactive ketones (excluding diaryl/α,β-unsaturated/α-hetero) is 1. The minimum absolute atomic E-state index is 0.522. The summed E-state index contributed by atoms with van der Waals surface area (Å²) < 4.78 is 0. The maximum atomic E-state index is 11.6. The first-order valence-electron chi connectivity index (χ1n) is 5.59. The molecule has 0 aliphatic heterocycles. The Morgan fingerprint density at radius 3 is 2.24 bits per heavy atom. The average molecular weight is 229 g/mol. The number of nitrogens with zero attached hydrogens (tertiary/aromatic N) is 1. The topological polar surface area (TPSA) is 37.4 Å². The number of carbonyl (C=O) groups is 2. The van der Waals surface area contributed by atoms with E-state index in [0.717, 1.165) is 5.56 Å². The van der Waals surface area contributed by atoms with Crippen LogP contribution in [-0.2, 0) is 9.59 Å². The van der Waals surface area contributed by atoms with Crippen LogP contribution in [0.4, 0.5) is 0 Å². The normalized spacial score (nSPS) is 9.06. The summed E-state index contributed by atoms with van der Waals surface area (Å²) >= 11 is 0. The molecule has 3 heteroatoms. The van der Waals surface area contributed by atoms with Gasteiger partial charge in [0.05, 0.1) is 0 Å². The van der Waals surface area contributed by atoms with Crippen molar-refractivity contribution in [3.63, 3.8) is 0 Å². The highest BCUT2D eigenvalue weighted by Gasteiger charge is 2.16. The van der Waals surface area contributed by atoms with E-state index >= 15 is 0 Å². The quantitative estimate of drug-likeness (QED) is 0.581. The number of amides is 1. The number of benzene rings is 1. The van der Waals surface area contributed by atoms with Gasteiger partial charge in [-0.1, -0.05) is 24.1 Å². The molecule has 88 valence electrons. The van der Waals surface area contributed by atoms with Gasteiger partial charge in [-0.15, -0.1) is 0 Å². The highest BCUT2D eigenvalue weighted by atomic mass is 16.2. The molecule has 0 spiro atoms. The van der Waals surface area contributed by atoms with E-state index in [1.807, 2.05) is 32.0 Å². The lowest BCUT2D eigenvalue weighted by molar-refractivity contribution is -0.141. The molecular weight excluding hydrogens is 214 g/mol. The Labute approximate surface area is 101 Å². The lowest BCUT2D eigenvalue weighted by atomic mass is 10.2. The number of rotatable bonds is 3. The van der Waals surface area contributed by atoms with Crippen molar-refractivity contribution in [3.05, 3.63) is 35.9 Å². The Morgan fingerprint density at radius 2 is 1.71 bits per heavy atom. The van der Waals surface area contributed by atoms with Gasteiger partial charge in [0.25, 0.3) is 5.78 Å². The Morgan fingerprint density at radius 1 is 1.12 bits per heavy atom. The van der Waals surface area contributed by atoms with E-state index in [2.05, 4.69) is 11.8 Å². The van der Waals surface area contributed by atoms with Gasteiger partial charge in [-0.05, 0) is 31.9 Å². The van der Waals surface area contributed by atoms with Crippen LogP contribution in [0.3, 0.4) is 0 Å². The van der Waals surface area contributed by atoms with Crippen LogP contribution in [0.15, 0.2) is 30.3 Å². The second-order valence-electron chi connectivity index (χ2n) is 3.42. The minimum atomic E-state index is -0.655. The van der Waals surface area contributed by atoms with Crippen molar-refractivity contribution in [1.29, 1.82) is 0 Å². The monoisotopic (exact) mass is 229 g/mol. The average Bonchev–Trinajstić information content (AvgIpc) is 2.38. The molecule has 0 bridgehead atoms. The van der Waals surface area contributed by atoms with Crippen LogP contribution in [0.2, 0.25) is 0 Å². The van der Waals surface area contributed by atoms with Crippen molar-refractivity contribution in [2.24, 2.45) is 0 Å². The molecule has 0 aliphatic rings. The maximum absolute atomic E-state index is 11.6. The van der Waals surface area contributed by atoms with Crippen LogP contribution in [0.25, 0.3) is 0 Å². The summed E-state index contributed by atoms with van der Waals surface area (Å²) in [6.45, 7) is 4.71. The fourth-order valence-corrected chi connectivity index (χ4v) is 1.36. The summed E-state index contributed by atoms with van der Waals surface area (Å²) in [5.74, 6) is 3.86. The summed E-state index contributed by atoms with van der Waals surface area (Å²) in [6.07, 6.45) is 0. The summed E-state index contributed by atoms with van der Waals surface area (Å²) in [6, 6.07) is 9.12. The number of ketones is 1. The molecule has 1 aromatic carbocycles. The van der Waals surface area contributed by atoms with Gasteiger partial charge in [-0.2, -0.15) is 0 Å². The molecule has 0 heterocycles. The Bertz CT molecular complexity index is 450. The molecule has 0 saturated heterocycles. The molecule has 1 aromatic rings. The number of likely N-dealkylation sites (N-methyl/N-ethyl adjacent to an activating group) is 1. The van der Waals surface area contributed by atoms with Crippen LogP contribution in [-0.4, -0.2) is 29.7 Å². The van der Waals surface area contributed by atoms with E-state index in [-0.39, 0.29) is 0 Å². The standard InChI is InChI=1S/C14H15NO2/c1-3-15(4-2)14(17)13(16)11-10-12-8-6-5-7-9-12/h5-9H,3-4H2,1-2H3. The highest BCUT2D eigenvalue weighted by molar-refractivity contribution is 6.43. The first-order valence-corrected chi connectivity index (χ1v) is 5.59. The zero-order chi connectivity index (χ0) is 12.7. The maximum Gasteiger partial charge on any atom is 0.303 e.